The number of hydrogen-bond acceptors (Lipinski definition) is 3. The smallest absolute Gasteiger partial charge is 0.324 e. The Morgan fingerprint density at radius 1 is 1.08 bits per heavy atom. The SMILES string of the molecule is CN([C@H](C(=O)Nc1cccc(C(F)(F)F)c1)c1ccccc1)S(C)(=O)=O. The van der Waals surface area contributed by atoms with Crippen LogP contribution in [0.4, 0.5) is 18.9 Å². The van der Waals surface area contributed by atoms with Crippen LogP contribution < -0.4 is 5.32 Å². The number of alkyl halides is 3. The van der Waals surface area contributed by atoms with E-state index in [0.29, 0.717) is 5.56 Å². The lowest BCUT2D eigenvalue weighted by Gasteiger charge is -2.25. The molecule has 0 aliphatic heterocycles. The highest BCUT2D eigenvalue weighted by Crippen LogP contribution is 2.31. The van der Waals surface area contributed by atoms with Crippen molar-refractivity contribution in [1.29, 1.82) is 0 Å². The van der Waals surface area contributed by atoms with E-state index in [1.807, 2.05) is 0 Å². The summed E-state index contributed by atoms with van der Waals surface area (Å²) in [5, 5.41) is 2.36. The van der Waals surface area contributed by atoms with Gasteiger partial charge in [0.1, 0.15) is 6.04 Å². The van der Waals surface area contributed by atoms with Crippen LogP contribution in [0.5, 0.6) is 0 Å². The molecule has 1 amide bonds. The molecule has 2 rings (SSSR count). The van der Waals surface area contributed by atoms with E-state index in [9.17, 15) is 26.4 Å². The van der Waals surface area contributed by atoms with Crippen molar-refractivity contribution in [1.82, 2.24) is 4.31 Å². The van der Waals surface area contributed by atoms with Gasteiger partial charge in [0.05, 0.1) is 11.8 Å². The first-order valence-corrected chi connectivity index (χ1v) is 9.31. The van der Waals surface area contributed by atoms with Gasteiger partial charge in [0.25, 0.3) is 0 Å². The zero-order valence-electron chi connectivity index (χ0n) is 14.0. The summed E-state index contributed by atoms with van der Waals surface area (Å²) in [4.78, 5) is 12.7. The third kappa shape index (κ3) is 4.83. The first-order chi connectivity index (χ1) is 12.0. The quantitative estimate of drug-likeness (QED) is 0.858. The van der Waals surface area contributed by atoms with Crippen molar-refractivity contribution < 1.29 is 26.4 Å². The summed E-state index contributed by atoms with van der Waals surface area (Å²) in [6.45, 7) is 0. The third-order valence-electron chi connectivity index (χ3n) is 3.71. The van der Waals surface area contributed by atoms with Crippen molar-refractivity contribution in [3.63, 3.8) is 0 Å². The molecule has 2 aromatic rings. The summed E-state index contributed by atoms with van der Waals surface area (Å²) in [7, 11) is -2.49. The molecular formula is C17H17F3N2O3S. The second-order valence-corrected chi connectivity index (χ2v) is 7.70. The van der Waals surface area contributed by atoms with Gasteiger partial charge < -0.3 is 5.32 Å². The van der Waals surface area contributed by atoms with Crippen LogP contribution in [0, 0.1) is 0 Å². The standard InChI is InChI=1S/C17H17F3N2O3S/c1-22(26(2,24)25)15(12-7-4-3-5-8-12)16(23)21-14-10-6-9-13(11-14)17(18,19)20/h3-11,15H,1-2H3,(H,21,23)/t15-/m0/s1. The van der Waals surface area contributed by atoms with Crippen LogP contribution in [0.2, 0.25) is 0 Å². The van der Waals surface area contributed by atoms with Gasteiger partial charge in [0, 0.05) is 12.7 Å². The van der Waals surface area contributed by atoms with E-state index >= 15 is 0 Å². The molecule has 0 unspecified atom stereocenters. The molecule has 0 bridgehead atoms. The second-order valence-electron chi connectivity index (χ2n) is 5.66. The van der Waals surface area contributed by atoms with Gasteiger partial charge in [-0.2, -0.15) is 17.5 Å². The summed E-state index contributed by atoms with van der Waals surface area (Å²) in [5.41, 5.74) is -0.597. The number of anilines is 1. The Balaban J connectivity index is 2.36. The summed E-state index contributed by atoms with van der Waals surface area (Å²) < 4.78 is 63.1. The van der Waals surface area contributed by atoms with Crippen LogP contribution >= 0.6 is 0 Å². The predicted octanol–water partition coefficient (Wildman–Crippen LogP) is 3.28. The highest BCUT2D eigenvalue weighted by Gasteiger charge is 2.32. The number of nitrogens with one attached hydrogen (secondary N) is 1. The van der Waals surface area contributed by atoms with Gasteiger partial charge in [-0.25, -0.2) is 8.42 Å². The zero-order valence-corrected chi connectivity index (χ0v) is 14.8. The number of benzene rings is 2. The molecule has 9 heteroatoms. The number of rotatable bonds is 5. The molecule has 140 valence electrons. The van der Waals surface area contributed by atoms with Crippen molar-refractivity contribution >= 4 is 21.6 Å². The number of nitrogens with zero attached hydrogens (tertiary/aromatic N) is 1. The van der Waals surface area contributed by atoms with Crippen molar-refractivity contribution in [3.05, 3.63) is 65.7 Å². The normalized spacial score (nSPS) is 13.5. The fourth-order valence-electron chi connectivity index (χ4n) is 2.34. The summed E-state index contributed by atoms with van der Waals surface area (Å²) >= 11 is 0. The largest absolute Gasteiger partial charge is 0.416 e. The van der Waals surface area contributed by atoms with Crippen molar-refractivity contribution in [2.24, 2.45) is 0 Å². The van der Waals surface area contributed by atoms with Crippen molar-refractivity contribution in [3.8, 4) is 0 Å². The molecule has 2 aromatic carbocycles. The molecule has 0 saturated heterocycles. The van der Waals surface area contributed by atoms with Gasteiger partial charge in [-0.3, -0.25) is 4.79 Å². The van der Waals surface area contributed by atoms with Gasteiger partial charge in [0.15, 0.2) is 0 Å². The van der Waals surface area contributed by atoms with E-state index < -0.39 is 33.7 Å². The van der Waals surface area contributed by atoms with Crippen molar-refractivity contribution in [2.75, 3.05) is 18.6 Å². The lowest BCUT2D eigenvalue weighted by molar-refractivity contribution is -0.137. The molecule has 26 heavy (non-hydrogen) atoms. The highest BCUT2D eigenvalue weighted by molar-refractivity contribution is 7.88. The minimum absolute atomic E-state index is 0.0762. The monoisotopic (exact) mass is 386 g/mol. The fraction of sp³-hybridized carbons (Fsp3) is 0.235. The number of halogens is 3. The molecule has 1 atom stereocenters. The molecule has 0 radical (unpaired) electrons. The lowest BCUT2D eigenvalue weighted by Crippen LogP contribution is -2.38. The van der Waals surface area contributed by atoms with Gasteiger partial charge in [-0.1, -0.05) is 36.4 Å². The Morgan fingerprint density at radius 2 is 1.69 bits per heavy atom. The van der Waals surface area contributed by atoms with Gasteiger partial charge in [-0.05, 0) is 23.8 Å². The van der Waals surface area contributed by atoms with E-state index in [0.717, 1.165) is 28.8 Å². The molecule has 5 nitrogen and oxygen atoms in total. The molecule has 0 aliphatic carbocycles. The molecular weight excluding hydrogens is 369 g/mol. The molecule has 0 heterocycles. The Kier molecular flexibility index (Phi) is 5.72. The fourth-order valence-corrected chi connectivity index (χ4v) is 2.94. The Morgan fingerprint density at radius 3 is 2.23 bits per heavy atom. The number of carbonyl (C=O) groups excluding carboxylic acids is 1. The van der Waals surface area contributed by atoms with E-state index in [4.69, 9.17) is 0 Å². The number of amides is 1. The predicted molar refractivity (Wildman–Crippen MR) is 91.9 cm³/mol. The molecule has 0 fully saturated rings. The van der Waals surface area contributed by atoms with E-state index in [2.05, 4.69) is 5.32 Å². The van der Waals surface area contributed by atoms with Gasteiger partial charge in [0.2, 0.25) is 15.9 Å². The summed E-state index contributed by atoms with van der Waals surface area (Å²) in [6, 6.07) is 11.0. The molecule has 0 aromatic heterocycles. The van der Waals surface area contributed by atoms with Crippen molar-refractivity contribution in [2.45, 2.75) is 12.2 Å². The topological polar surface area (TPSA) is 66.5 Å². The van der Waals surface area contributed by atoms with Gasteiger partial charge in [-0.15, -0.1) is 0 Å². The van der Waals surface area contributed by atoms with Crippen LogP contribution in [0.15, 0.2) is 54.6 Å². The molecule has 0 spiro atoms. The first kappa shape index (κ1) is 19.9. The van der Waals surface area contributed by atoms with Crippen LogP contribution in [-0.2, 0) is 21.0 Å². The Labute approximate surface area is 149 Å². The lowest BCUT2D eigenvalue weighted by atomic mass is 10.1. The number of sulfonamides is 1. The van der Waals surface area contributed by atoms with E-state index in [-0.39, 0.29) is 5.69 Å². The maximum Gasteiger partial charge on any atom is 0.416 e. The van der Waals surface area contributed by atoms with Crippen LogP contribution in [-0.4, -0.2) is 31.9 Å². The van der Waals surface area contributed by atoms with Crippen LogP contribution in [0.3, 0.4) is 0 Å². The maximum absolute atomic E-state index is 12.8. The van der Waals surface area contributed by atoms with Crippen LogP contribution in [0.25, 0.3) is 0 Å². The van der Waals surface area contributed by atoms with Gasteiger partial charge >= 0.3 is 6.18 Å². The average Bonchev–Trinajstić information content (AvgIpc) is 2.54. The maximum atomic E-state index is 12.8. The molecule has 0 aliphatic rings. The summed E-state index contributed by atoms with van der Waals surface area (Å²) in [5.74, 6) is -0.761. The molecule has 1 N–H and O–H groups in total. The van der Waals surface area contributed by atoms with E-state index in [1.54, 1.807) is 30.3 Å². The minimum atomic E-state index is -4.55. The highest BCUT2D eigenvalue weighted by atomic mass is 32.2. The average molecular weight is 386 g/mol. The summed E-state index contributed by atoms with van der Waals surface area (Å²) in [6.07, 6.45) is -3.61. The molecule has 0 saturated carbocycles. The Bertz CT molecular complexity index is 884. The minimum Gasteiger partial charge on any atom is -0.324 e. The Hall–Kier alpha value is -2.39. The number of hydrogen-bond donors (Lipinski definition) is 1. The number of likely N-dealkylation sites (N-methyl/N-ethyl adjacent to an activating group) is 1. The first-order valence-electron chi connectivity index (χ1n) is 7.46. The number of carbonyl (C=O) groups is 1. The van der Waals surface area contributed by atoms with E-state index in [1.165, 1.54) is 13.1 Å². The third-order valence-corrected chi connectivity index (χ3v) is 4.96. The second kappa shape index (κ2) is 7.46. The van der Waals surface area contributed by atoms with Crippen LogP contribution in [0.1, 0.15) is 17.2 Å². The zero-order chi connectivity index (χ0) is 19.5.